The highest BCUT2D eigenvalue weighted by Gasteiger charge is 2.16. The number of nitrogens with one attached hydrogen (secondary N) is 1. The Morgan fingerprint density at radius 1 is 1.38 bits per heavy atom. The van der Waals surface area contributed by atoms with Crippen molar-refractivity contribution < 1.29 is 0 Å². The lowest BCUT2D eigenvalue weighted by Gasteiger charge is -2.24. The number of nitriles is 1. The Labute approximate surface area is 125 Å². The molecule has 0 saturated heterocycles. The molecular weight excluding hydrogens is 262 g/mol. The summed E-state index contributed by atoms with van der Waals surface area (Å²) < 4.78 is 1.80. The molecule has 0 bridgehead atoms. The van der Waals surface area contributed by atoms with Gasteiger partial charge in [-0.25, -0.2) is 9.67 Å². The molecular formula is C16H21N5. The quantitative estimate of drug-likeness (QED) is 0.848. The second-order valence-corrected chi connectivity index (χ2v) is 5.97. The van der Waals surface area contributed by atoms with Crippen LogP contribution in [0.25, 0.3) is 0 Å². The molecule has 0 aliphatic carbocycles. The first-order valence-electron chi connectivity index (χ1n) is 7.11. The molecule has 5 nitrogen and oxygen atoms in total. The number of hydrogen-bond donors (Lipinski definition) is 1. The predicted molar refractivity (Wildman–Crippen MR) is 82.7 cm³/mol. The van der Waals surface area contributed by atoms with Gasteiger partial charge in [-0.3, -0.25) is 0 Å². The van der Waals surface area contributed by atoms with Crippen molar-refractivity contribution >= 4 is 5.69 Å². The maximum Gasteiger partial charge on any atom is 0.137 e. The molecule has 0 saturated carbocycles. The molecule has 0 aliphatic rings. The van der Waals surface area contributed by atoms with Gasteiger partial charge in [0.1, 0.15) is 12.7 Å². The molecule has 1 aromatic carbocycles. The summed E-state index contributed by atoms with van der Waals surface area (Å²) in [6.07, 6.45) is 4.75. The van der Waals surface area contributed by atoms with Crippen molar-refractivity contribution in [3.05, 3.63) is 42.5 Å². The Morgan fingerprint density at radius 3 is 2.95 bits per heavy atom. The van der Waals surface area contributed by atoms with E-state index >= 15 is 0 Å². The van der Waals surface area contributed by atoms with Crippen LogP contribution in [0.1, 0.15) is 32.3 Å². The second kappa shape index (κ2) is 6.89. The van der Waals surface area contributed by atoms with Gasteiger partial charge in [-0.05, 0) is 29.5 Å². The van der Waals surface area contributed by atoms with E-state index < -0.39 is 0 Å². The van der Waals surface area contributed by atoms with Gasteiger partial charge in [0.15, 0.2) is 0 Å². The molecule has 0 fully saturated rings. The minimum atomic E-state index is 0.109. The number of aromatic nitrogens is 3. The van der Waals surface area contributed by atoms with Crippen LogP contribution in [0, 0.1) is 16.7 Å². The van der Waals surface area contributed by atoms with Crippen molar-refractivity contribution in [2.24, 2.45) is 5.41 Å². The van der Waals surface area contributed by atoms with Crippen LogP contribution in [-0.2, 0) is 6.54 Å². The maximum absolute atomic E-state index is 8.69. The molecule has 0 spiro atoms. The smallest absolute Gasteiger partial charge is 0.137 e. The van der Waals surface area contributed by atoms with E-state index in [1.807, 2.05) is 6.07 Å². The van der Waals surface area contributed by atoms with Crippen LogP contribution < -0.4 is 5.32 Å². The first-order chi connectivity index (χ1) is 10.1. The zero-order chi connectivity index (χ0) is 15.1. The average molecular weight is 283 g/mol. The minimum Gasteiger partial charge on any atom is -0.385 e. The molecule has 1 aromatic heterocycles. The van der Waals surface area contributed by atoms with Gasteiger partial charge in [-0.2, -0.15) is 10.4 Å². The minimum absolute atomic E-state index is 0.109. The summed E-state index contributed by atoms with van der Waals surface area (Å²) in [5.74, 6) is 0. The topological polar surface area (TPSA) is 66.5 Å². The summed E-state index contributed by atoms with van der Waals surface area (Å²) in [5, 5.41) is 16.3. The van der Waals surface area contributed by atoms with Crippen molar-refractivity contribution in [2.45, 2.75) is 33.2 Å². The molecule has 21 heavy (non-hydrogen) atoms. The van der Waals surface area contributed by atoms with Crippen LogP contribution in [0.4, 0.5) is 5.69 Å². The lowest BCUT2D eigenvalue weighted by molar-refractivity contribution is 0.364. The average Bonchev–Trinajstić information content (AvgIpc) is 2.97. The van der Waals surface area contributed by atoms with E-state index in [1.165, 1.54) is 5.56 Å². The first kappa shape index (κ1) is 15.0. The molecule has 0 amide bonds. The Morgan fingerprint density at radius 2 is 2.24 bits per heavy atom. The van der Waals surface area contributed by atoms with Crippen molar-refractivity contribution in [3.63, 3.8) is 0 Å². The number of anilines is 1. The van der Waals surface area contributed by atoms with Gasteiger partial charge in [0.2, 0.25) is 0 Å². The van der Waals surface area contributed by atoms with Gasteiger partial charge in [-0.15, -0.1) is 0 Å². The zero-order valence-corrected chi connectivity index (χ0v) is 12.6. The van der Waals surface area contributed by atoms with E-state index in [4.69, 9.17) is 5.26 Å². The second-order valence-electron chi connectivity index (χ2n) is 5.97. The van der Waals surface area contributed by atoms with Crippen molar-refractivity contribution in [1.82, 2.24) is 14.8 Å². The monoisotopic (exact) mass is 283 g/mol. The Hall–Kier alpha value is -2.35. The normalized spacial score (nSPS) is 11.1. The fourth-order valence-corrected chi connectivity index (χ4v) is 2.11. The number of hydrogen-bond acceptors (Lipinski definition) is 4. The third-order valence-corrected chi connectivity index (χ3v) is 3.42. The van der Waals surface area contributed by atoms with E-state index in [0.717, 1.165) is 18.7 Å². The van der Waals surface area contributed by atoms with Crippen molar-refractivity contribution in [3.8, 4) is 6.07 Å². The van der Waals surface area contributed by atoms with Crippen LogP contribution in [0.5, 0.6) is 0 Å². The summed E-state index contributed by atoms with van der Waals surface area (Å²) in [6, 6.07) is 10.5. The van der Waals surface area contributed by atoms with E-state index in [1.54, 1.807) is 17.3 Å². The van der Waals surface area contributed by atoms with Gasteiger partial charge >= 0.3 is 0 Å². The van der Waals surface area contributed by atoms with Crippen LogP contribution in [-0.4, -0.2) is 21.3 Å². The molecule has 1 N–H and O–H groups in total. The maximum atomic E-state index is 8.69. The van der Waals surface area contributed by atoms with Crippen LogP contribution >= 0.6 is 0 Å². The number of nitrogens with zero attached hydrogens (tertiary/aromatic N) is 4. The molecule has 110 valence electrons. The third-order valence-electron chi connectivity index (χ3n) is 3.42. The summed E-state index contributed by atoms with van der Waals surface area (Å²) >= 11 is 0. The fraction of sp³-hybridized carbons (Fsp3) is 0.438. The number of benzene rings is 1. The first-order valence-corrected chi connectivity index (χ1v) is 7.11. The summed E-state index contributed by atoms with van der Waals surface area (Å²) in [4.78, 5) is 3.95. The standard InChI is InChI=1S/C16H21N5/c1-16(2,7-4-8-17)11-19-15-6-3-5-14(9-15)10-21-13-18-12-20-21/h3,5-6,9,12-13,19H,4,7,10-11H2,1-2H3. The molecule has 5 heteroatoms. The van der Waals surface area contributed by atoms with E-state index in [9.17, 15) is 0 Å². The van der Waals surface area contributed by atoms with Gasteiger partial charge in [0.25, 0.3) is 0 Å². The molecule has 2 aromatic rings. The zero-order valence-electron chi connectivity index (χ0n) is 12.6. The van der Waals surface area contributed by atoms with Crippen LogP contribution in [0.3, 0.4) is 0 Å². The predicted octanol–water partition coefficient (Wildman–Crippen LogP) is 3.07. The molecule has 2 rings (SSSR count). The Balaban J connectivity index is 1.93. The van der Waals surface area contributed by atoms with Gasteiger partial charge in [0.05, 0.1) is 12.6 Å². The molecule has 0 aliphatic heterocycles. The van der Waals surface area contributed by atoms with E-state index in [0.29, 0.717) is 13.0 Å². The highest BCUT2D eigenvalue weighted by molar-refractivity contribution is 5.45. The third kappa shape index (κ3) is 4.92. The summed E-state index contributed by atoms with van der Waals surface area (Å²) in [7, 11) is 0. The van der Waals surface area contributed by atoms with Crippen molar-refractivity contribution in [2.75, 3.05) is 11.9 Å². The van der Waals surface area contributed by atoms with Gasteiger partial charge < -0.3 is 5.32 Å². The Bertz CT molecular complexity index is 595. The van der Waals surface area contributed by atoms with E-state index in [-0.39, 0.29) is 5.41 Å². The summed E-state index contributed by atoms with van der Waals surface area (Å²) in [5.41, 5.74) is 2.38. The molecule has 0 atom stereocenters. The largest absolute Gasteiger partial charge is 0.385 e. The molecule has 0 unspecified atom stereocenters. The SMILES string of the molecule is CC(C)(CCC#N)CNc1cccc(Cn2cncn2)c1. The van der Waals surface area contributed by atoms with Crippen LogP contribution in [0.2, 0.25) is 0 Å². The summed E-state index contributed by atoms with van der Waals surface area (Å²) in [6.45, 7) is 5.92. The molecule has 0 radical (unpaired) electrons. The highest BCUT2D eigenvalue weighted by Crippen LogP contribution is 2.23. The lowest BCUT2D eigenvalue weighted by atomic mass is 9.88. The highest BCUT2D eigenvalue weighted by atomic mass is 15.3. The fourth-order valence-electron chi connectivity index (χ4n) is 2.11. The molecule has 1 heterocycles. The van der Waals surface area contributed by atoms with E-state index in [2.05, 4.69) is 53.5 Å². The van der Waals surface area contributed by atoms with Gasteiger partial charge in [-0.1, -0.05) is 26.0 Å². The van der Waals surface area contributed by atoms with Crippen LogP contribution in [0.15, 0.2) is 36.9 Å². The number of rotatable bonds is 7. The van der Waals surface area contributed by atoms with Crippen molar-refractivity contribution in [1.29, 1.82) is 5.26 Å². The van der Waals surface area contributed by atoms with Gasteiger partial charge in [0, 0.05) is 18.7 Å². The Kier molecular flexibility index (Phi) is 4.94. The lowest BCUT2D eigenvalue weighted by Crippen LogP contribution is -2.22.